The van der Waals surface area contributed by atoms with Gasteiger partial charge in [0.1, 0.15) is 6.61 Å². The Labute approximate surface area is 170 Å². The van der Waals surface area contributed by atoms with Crippen LogP contribution in [0, 0.1) is 6.92 Å². The van der Waals surface area contributed by atoms with Crippen molar-refractivity contribution >= 4 is 21.6 Å². The van der Waals surface area contributed by atoms with Crippen LogP contribution in [-0.2, 0) is 14.8 Å². The monoisotopic (exact) mass is 416 g/mol. The fourth-order valence-corrected chi connectivity index (χ4v) is 5.06. The normalized spacial score (nSPS) is 19.6. The van der Waals surface area contributed by atoms with Crippen molar-refractivity contribution in [3.05, 3.63) is 48.0 Å². The molecule has 1 saturated heterocycles. The number of ether oxygens (including phenoxy) is 2. The smallest absolute Gasteiger partial charge is 0.269 e. The summed E-state index contributed by atoms with van der Waals surface area (Å²) in [6.45, 7) is 2.98. The van der Waals surface area contributed by atoms with Crippen molar-refractivity contribution in [2.24, 2.45) is 0 Å². The number of aryl methyl sites for hydroxylation is 1. The zero-order valence-corrected chi connectivity index (χ0v) is 17.1. The lowest BCUT2D eigenvalue weighted by molar-refractivity contribution is -0.125. The number of anilines is 1. The van der Waals surface area contributed by atoms with Crippen molar-refractivity contribution in [2.75, 3.05) is 25.0 Å². The first kappa shape index (κ1) is 19.7. The van der Waals surface area contributed by atoms with Gasteiger partial charge >= 0.3 is 0 Å². The number of rotatable bonds is 4. The SMILES string of the molecule is Cc1ccc(S(=O)(=O)N2CCCCC2)cc1NC(=O)[C@H]1COc2ccccc2O1. The standard InChI is InChI=1S/C21H24N2O5S/c1-15-9-10-16(29(25,26)23-11-5-2-6-12-23)13-17(15)22-21(24)20-14-27-18-7-3-4-8-19(18)28-20/h3-4,7-10,13,20H,2,5-6,11-12,14H2,1H3,(H,22,24)/t20-/m1/s1. The van der Waals surface area contributed by atoms with Gasteiger partial charge in [0, 0.05) is 18.8 Å². The number of nitrogens with zero attached hydrogens (tertiary/aromatic N) is 1. The number of sulfonamides is 1. The first-order chi connectivity index (χ1) is 13.9. The highest BCUT2D eigenvalue weighted by atomic mass is 32.2. The van der Waals surface area contributed by atoms with E-state index in [0.717, 1.165) is 24.8 Å². The van der Waals surface area contributed by atoms with Crippen LogP contribution in [0.1, 0.15) is 24.8 Å². The van der Waals surface area contributed by atoms with Gasteiger partial charge in [0.05, 0.1) is 4.90 Å². The highest BCUT2D eigenvalue weighted by Crippen LogP contribution is 2.31. The summed E-state index contributed by atoms with van der Waals surface area (Å²) in [5.74, 6) is 0.731. The molecule has 0 saturated carbocycles. The lowest BCUT2D eigenvalue weighted by atomic mass is 10.2. The molecule has 2 aliphatic heterocycles. The van der Waals surface area contributed by atoms with E-state index in [1.165, 1.54) is 10.4 Å². The molecule has 0 aliphatic carbocycles. The number of hydrogen-bond donors (Lipinski definition) is 1. The minimum Gasteiger partial charge on any atom is -0.485 e. The molecule has 1 N–H and O–H groups in total. The van der Waals surface area contributed by atoms with Crippen LogP contribution in [0.3, 0.4) is 0 Å². The predicted molar refractivity (Wildman–Crippen MR) is 109 cm³/mol. The number of piperidine rings is 1. The van der Waals surface area contributed by atoms with Crippen molar-refractivity contribution in [1.29, 1.82) is 0 Å². The quantitative estimate of drug-likeness (QED) is 0.828. The van der Waals surface area contributed by atoms with Crippen LogP contribution in [0.4, 0.5) is 5.69 Å². The largest absolute Gasteiger partial charge is 0.485 e. The molecule has 8 heteroatoms. The van der Waals surface area contributed by atoms with E-state index in [1.807, 2.05) is 19.1 Å². The second-order valence-corrected chi connectivity index (χ2v) is 9.23. The van der Waals surface area contributed by atoms with Crippen LogP contribution in [-0.4, -0.2) is 44.4 Å². The van der Waals surface area contributed by atoms with Crippen LogP contribution in [0.2, 0.25) is 0 Å². The van der Waals surface area contributed by atoms with E-state index < -0.39 is 16.1 Å². The average Bonchev–Trinajstić information content (AvgIpc) is 2.75. The molecule has 1 amide bonds. The molecule has 1 fully saturated rings. The van der Waals surface area contributed by atoms with E-state index in [9.17, 15) is 13.2 Å². The predicted octanol–water partition coefficient (Wildman–Crippen LogP) is 2.95. The maximum atomic E-state index is 12.9. The summed E-state index contributed by atoms with van der Waals surface area (Å²) in [5.41, 5.74) is 1.23. The Hall–Kier alpha value is -2.58. The maximum absolute atomic E-state index is 12.9. The second-order valence-electron chi connectivity index (χ2n) is 7.29. The number of hydrogen-bond acceptors (Lipinski definition) is 5. The Morgan fingerprint density at radius 2 is 1.79 bits per heavy atom. The van der Waals surface area contributed by atoms with E-state index in [2.05, 4.69) is 5.32 Å². The van der Waals surface area contributed by atoms with Gasteiger partial charge in [-0.05, 0) is 49.6 Å². The van der Waals surface area contributed by atoms with Gasteiger partial charge in [-0.3, -0.25) is 4.79 Å². The van der Waals surface area contributed by atoms with Crippen molar-refractivity contribution < 1.29 is 22.7 Å². The zero-order valence-electron chi connectivity index (χ0n) is 16.3. The molecule has 4 rings (SSSR count). The lowest BCUT2D eigenvalue weighted by Gasteiger charge is -2.27. The molecule has 154 valence electrons. The highest BCUT2D eigenvalue weighted by Gasteiger charge is 2.29. The van der Waals surface area contributed by atoms with E-state index >= 15 is 0 Å². The van der Waals surface area contributed by atoms with Gasteiger partial charge in [0.15, 0.2) is 11.5 Å². The molecule has 1 atom stereocenters. The first-order valence-corrected chi connectivity index (χ1v) is 11.2. The molecule has 0 aromatic heterocycles. The third-order valence-electron chi connectivity index (χ3n) is 5.22. The molecule has 0 bridgehead atoms. The summed E-state index contributed by atoms with van der Waals surface area (Å²) in [5, 5.41) is 2.80. The Morgan fingerprint density at radius 1 is 1.07 bits per heavy atom. The van der Waals surface area contributed by atoms with Crippen LogP contribution < -0.4 is 14.8 Å². The van der Waals surface area contributed by atoms with Gasteiger partial charge in [0.2, 0.25) is 16.1 Å². The molecule has 2 heterocycles. The number of benzene rings is 2. The molecule has 0 radical (unpaired) electrons. The van der Waals surface area contributed by atoms with E-state index in [-0.39, 0.29) is 17.4 Å². The van der Waals surface area contributed by atoms with E-state index in [0.29, 0.717) is 30.3 Å². The van der Waals surface area contributed by atoms with E-state index in [4.69, 9.17) is 9.47 Å². The van der Waals surface area contributed by atoms with Crippen molar-refractivity contribution in [3.8, 4) is 11.5 Å². The van der Waals surface area contributed by atoms with Crippen molar-refractivity contribution in [3.63, 3.8) is 0 Å². The maximum Gasteiger partial charge on any atom is 0.269 e. The van der Waals surface area contributed by atoms with Crippen LogP contribution in [0.15, 0.2) is 47.4 Å². The lowest BCUT2D eigenvalue weighted by Crippen LogP contribution is -2.40. The molecular formula is C21H24N2O5S. The van der Waals surface area contributed by atoms with Crippen LogP contribution >= 0.6 is 0 Å². The fraction of sp³-hybridized carbons (Fsp3) is 0.381. The Kier molecular flexibility index (Phi) is 5.47. The highest BCUT2D eigenvalue weighted by molar-refractivity contribution is 7.89. The molecule has 0 unspecified atom stereocenters. The molecule has 29 heavy (non-hydrogen) atoms. The summed E-state index contributed by atoms with van der Waals surface area (Å²) < 4.78 is 38.7. The second kappa shape index (κ2) is 8.04. The molecule has 2 aliphatic rings. The molecule has 2 aromatic carbocycles. The van der Waals surface area contributed by atoms with E-state index in [1.54, 1.807) is 24.3 Å². The third kappa shape index (κ3) is 4.09. The number of carbonyl (C=O) groups excluding carboxylic acids is 1. The number of amides is 1. The molecular weight excluding hydrogens is 392 g/mol. The van der Waals surface area contributed by atoms with Gasteiger partial charge < -0.3 is 14.8 Å². The van der Waals surface area contributed by atoms with Gasteiger partial charge in [0.25, 0.3) is 5.91 Å². The molecule has 2 aromatic rings. The van der Waals surface area contributed by atoms with Gasteiger partial charge in [-0.1, -0.05) is 24.6 Å². The summed E-state index contributed by atoms with van der Waals surface area (Å²) in [4.78, 5) is 12.9. The summed E-state index contributed by atoms with van der Waals surface area (Å²) >= 11 is 0. The Bertz CT molecular complexity index is 1020. The summed E-state index contributed by atoms with van der Waals surface area (Å²) in [6.07, 6.45) is 1.98. The van der Waals surface area contributed by atoms with Gasteiger partial charge in [-0.25, -0.2) is 8.42 Å². The summed E-state index contributed by atoms with van der Waals surface area (Å²) in [7, 11) is -3.58. The van der Waals surface area contributed by atoms with Crippen molar-refractivity contribution in [1.82, 2.24) is 4.31 Å². The van der Waals surface area contributed by atoms with Gasteiger partial charge in [-0.2, -0.15) is 4.31 Å². The van der Waals surface area contributed by atoms with Crippen LogP contribution in [0.5, 0.6) is 11.5 Å². The minimum atomic E-state index is -3.58. The fourth-order valence-electron chi connectivity index (χ4n) is 3.51. The summed E-state index contributed by atoms with van der Waals surface area (Å²) in [6, 6.07) is 12.0. The minimum absolute atomic E-state index is 0.0909. The number of nitrogens with one attached hydrogen (secondary N) is 1. The van der Waals surface area contributed by atoms with Gasteiger partial charge in [-0.15, -0.1) is 0 Å². The molecule has 0 spiro atoms. The Balaban J connectivity index is 1.52. The van der Waals surface area contributed by atoms with Crippen LogP contribution in [0.25, 0.3) is 0 Å². The number of para-hydroxylation sites is 2. The number of fused-ring (bicyclic) bond motifs is 1. The first-order valence-electron chi connectivity index (χ1n) is 9.75. The Morgan fingerprint density at radius 3 is 2.55 bits per heavy atom. The molecule has 7 nitrogen and oxygen atoms in total. The zero-order chi connectivity index (χ0) is 20.4. The van der Waals surface area contributed by atoms with Crippen molar-refractivity contribution in [2.45, 2.75) is 37.2 Å². The topological polar surface area (TPSA) is 84.9 Å². The third-order valence-corrected chi connectivity index (χ3v) is 7.12. The number of carbonyl (C=O) groups is 1. The average molecular weight is 416 g/mol.